The molecule has 8 heteroatoms. The molecule has 124 valence electrons. The number of ether oxygens (including phenoxy) is 1. The monoisotopic (exact) mass is 345 g/mol. The Morgan fingerprint density at radius 2 is 1.92 bits per heavy atom. The summed E-state index contributed by atoms with van der Waals surface area (Å²) in [5, 5.41) is 2.31. The van der Waals surface area contributed by atoms with E-state index in [9.17, 15) is 9.59 Å². The number of nitrogens with one attached hydrogen (secondary N) is 3. The summed E-state index contributed by atoms with van der Waals surface area (Å²) in [5.74, 6) is -0.198. The number of hydrogen-bond donors (Lipinski definition) is 3. The van der Waals surface area contributed by atoms with E-state index in [0.29, 0.717) is 17.9 Å². The van der Waals surface area contributed by atoms with Crippen LogP contribution in [0.3, 0.4) is 0 Å². The molecule has 3 N–H and O–H groups in total. The smallest absolute Gasteiger partial charge is 0.293 e. The average Bonchev–Trinajstić information content (AvgIpc) is 3.13. The zero-order valence-corrected chi connectivity index (χ0v) is 13.4. The molecule has 0 aliphatic rings. The number of carbonyl (C=O) groups is 2. The Morgan fingerprint density at radius 3 is 2.54 bits per heavy atom. The molecule has 1 heterocycles. The number of carbonyl (C=O) groups excluding carboxylic acids is 2. The molecule has 1 aromatic carbocycles. The second-order valence-corrected chi connectivity index (χ2v) is 4.87. The summed E-state index contributed by atoms with van der Waals surface area (Å²) < 4.78 is 10.3. The minimum Gasteiger partial charge on any atom is -0.490 e. The van der Waals surface area contributed by atoms with E-state index in [0.717, 1.165) is 0 Å². The zero-order chi connectivity index (χ0) is 17.4. The second kappa shape index (κ2) is 8.49. The van der Waals surface area contributed by atoms with Crippen LogP contribution in [0.4, 0.5) is 0 Å². The van der Waals surface area contributed by atoms with E-state index in [1.165, 1.54) is 12.3 Å². The molecule has 0 unspecified atom stereocenters. The normalized spacial score (nSPS) is 9.67. The van der Waals surface area contributed by atoms with Crippen molar-refractivity contribution < 1.29 is 18.7 Å². The van der Waals surface area contributed by atoms with Crippen molar-refractivity contribution in [2.45, 2.75) is 0 Å². The van der Waals surface area contributed by atoms with Crippen LogP contribution >= 0.6 is 12.2 Å². The zero-order valence-electron chi connectivity index (χ0n) is 12.6. The van der Waals surface area contributed by atoms with E-state index in [4.69, 9.17) is 21.4 Å². The van der Waals surface area contributed by atoms with E-state index in [1.807, 2.05) is 0 Å². The van der Waals surface area contributed by atoms with E-state index < -0.39 is 11.8 Å². The van der Waals surface area contributed by atoms with Crippen LogP contribution in [-0.2, 0) is 0 Å². The molecule has 0 aliphatic carbocycles. The maximum absolute atomic E-state index is 12.0. The van der Waals surface area contributed by atoms with Gasteiger partial charge >= 0.3 is 0 Å². The van der Waals surface area contributed by atoms with Crippen molar-refractivity contribution >= 4 is 29.1 Å². The van der Waals surface area contributed by atoms with Gasteiger partial charge in [0.15, 0.2) is 10.9 Å². The maximum atomic E-state index is 12.0. The second-order valence-electron chi connectivity index (χ2n) is 4.46. The number of hydrogen-bond acceptors (Lipinski definition) is 5. The molecule has 2 aromatic rings. The fourth-order valence-electron chi connectivity index (χ4n) is 1.65. The van der Waals surface area contributed by atoms with Gasteiger partial charge in [-0.25, -0.2) is 0 Å². The van der Waals surface area contributed by atoms with Crippen LogP contribution in [0.2, 0.25) is 0 Å². The van der Waals surface area contributed by atoms with Crippen molar-refractivity contribution in [2.75, 3.05) is 6.61 Å². The van der Waals surface area contributed by atoms with Crippen molar-refractivity contribution in [1.29, 1.82) is 0 Å². The lowest BCUT2D eigenvalue weighted by Gasteiger charge is -2.10. The van der Waals surface area contributed by atoms with Crippen molar-refractivity contribution in [3.8, 4) is 5.75 Å². The number of hydrazine groups is 1. The predicted octanol–water partition coefficient (Wildman–Crippen LogP) is 1.79. The summed E-state index contributed by atoms with van der Waals surface area (Å²) in [6.07, 6.45) is 3.00. The lowest BCUT2D eigenvalue weighted by molar-refractivity contribution is 0.0927. The van der Waals surface area contributed by atoms with Crippen LogP contribution in [0.15, 0.2) is 59.7 Å². The molecule has 1 aromatic heterocycles. The van der Waals surface area contributed by atoms with Gasteiger partial charge < -0.3 is 9.15 Å². The summed E-state index contributed by atoms with van der Waals surface area (Å²) in [6, 6.07) is 9.59. The first kappa shape index (κ1) is 17.2. The highest BCUT2D eigenvalue weighted by Crippen LogP contribution is 2.11. The molecule has 2 rings (SSSR count). The third kappa shape index (κ3) is 4.96. The van der Waals surface area contributed by atoms with Gasteiger partial charge in [0.2, 0.25) is 0 Å². The Balaban J connectivity index is 1.80. The van der Waals surface area contributed by atoms with Gasteiger partial charge in [-0.3, -0.25) is 25.8 Å². The highest BCUT2D eigenvalue weighted by Gasteiger charge is 2.11. The molecular weight excluding hydrogens is 330 g/mol. The van der Waals surface area contributed by atoms with E-state index in [2.05, 4.69) is 22.7 Å². The van der Waals surface area contributed by atoms with Crippen LogP contribution < -0.4 is 20.9 Å². The van der Waals surface area contributed by atoms with Crippen molar-refractivity contribution in [2.24, 2.45) is 0 Å². The van der Waals surface area contributed by atoms with Crippen molar-refractivity contribution in [3.05, 3.63) is 66.6 Å². The van der Waals surface area contributed by atoms with Gasteiger partial charge in [0, 0.05) is 5.56 Å². The molecule has 24 heavy (non-hydrogen) atoms. The summed E-state index contributed by atoms with van der Waals surface area (Å²) >= 11 is 4.91. The van der Waals surface area contributed by atoms with Crippen molar-refractivity contribution in [3.63, 3.8) is 0 Å². The number of rotatable bonds is 5. The molecule has 0 atom stereocenters. The molecule has 0 fully saturated rings. The fourth-order valence-corrected chi connectivity index (χ4v) is 1.79. The maximum Gasteiger partial charge on any atom is 0.293 e. The van der Waals surface area contributed by atoms with Gasteiger partial charge in [0.05, 0.1) is 6.26 Å². The fraction of sp³-hybridized carbons (Fsp3) is 0.0625. The van der Waals surface area contributed by atoms with E-state index in [1.54, 1.807) is 36.4 Å². The molecular formula is C16H15N3O4S. The third-order valence-corrected chi connectivity index (χ3v) is 2.95. The highest BCUT2D eigenvalue weighted by molar-refractivity contribution is 7.80. The Labute approximate surface area is 143 Å². The molecule has 0 saturated carbocycles. The minimum atomic E-state index is -0.518. The highest BCUT2D eigenvalue weighted by atomic mass is 32.1. The van der Waals surface area contributed by atoms with Gasteiger partial charge in [-0.1, -0.05) is 12.7 Å². The first-order valence-electron chi connectivity index (χ1n) is 6.89. The van der Waals surface area contributed by atoms with E-state index in [-0.39, 0.29) is 10.9 Å². The lowest BCUT2D eigenvalue weighted by atomic mass is 10.2. The SMILES string of the molecule is C=CCOc1ccc(C(=O)NNC(=S)NC(=O)c2ccco2)cc1. The first-order chi connectivity index (χ1) is 11.6. The largest absolute Gasteiger partial charge is 0.490 e. The van der Waals surface area contributed by atoms with E-state index >= 15 is 0 Å². The van der Waals surface area contributed by atoms with Gasteiger partial charge in [0.25, 0.3) is 11.8 Å². The average molecular weight is 345 g/mol. The van der Waals surface area contributed by atoms with Gasteiger partial charge in [-0.05, 0) is 48.6 Å². The van der Waals surface area contributed by atoms with Gasteiger partial charge in [-0.2, -0.15) is 0 Å². The standard InChI is InChI=1S/C16H15N3O4S/c1-2-9-22-12-7-5-11(6-8-12)14(20)18-19-16(24)17-15(21)13-4-3-10-23-13/h2-8,10H,1,9H2,(H,18,20)(H2,17,19,21,24). The topological polar surface area (TPSA) is 92.6 Å². The number of furan rings is 1. The Kier molecular flexibility index (Phi) is 6.09. The molecule has 0 radical (unpaired) electrons. The predicted molar refractivity (Wildman–Crippen MR) is 91.5 cm³/mol. The van der Waals surface area contributed by atoms with Crippen LogP contribution in [-0.4, -0.2) is 23.5 Å². The molecule has 0 saturated heterocycles. The van der Waals surface area contributed by atoms with Crippen LogP contribution in [0, 0.1) is 0 Å². The molecule has 0 bridgehead atoms. The van der Waals surface area contributed by atoms with Crippen LogP contribution in [0.1, 0.15) is 20.9 Å². The number of thiocarbonyl (C=S) groups is 1. The molecule has 0 aliphatic heterocycles. The number of amides is 2. The third-order valence-electron chi connectivity index (χ3n) is 2.75. The van der Waals surface area contributed by atoms with Gasteiger partial charge in [0.1, 0.15) is 12.4 Å². The minimum absolute atomic E-state index is 0.0595. The number of benzene rings is 1. The molecule has 0 spiro atoms. The summed E-state index contributed by atoms with van der Waals surface area (Å²) in [5.41, 5.74) is 5.21. The summed E-state index contributed by atoms with van der Waals surface area (Å²) in [4.78, 5) is 23.7. The van der Waals surface area contributed by atoms with Crippen LogP contribution in [0.25, 0.3) is 0 Å². The molecule has 2 amide bonds. The summed E-state index contributed by atoms with van der Waals surface area (Å²) in [7, 11) is 0. The Morgan fingerprint density at radius 1 is 1.17 bits per heavy atom. The van der Waals surface area contributed by atoms with Gasteiger partial charge in [-0.15, -0.1) is 0 Å². The van der Waals surface area contributed by atoms with Crippen LogP contribution in [0.5, 0.6) is 5.75 Å². The Bertz CT molecular complexity index is 726. The Hall–Kier alpha value is -3.13. The summed E-state index contributed by atoms with van der Waals surface area (Å²) in [6.45, 7) is 3.94. The quantitative estimate of drug-likeness (QED) is 0.435. The lowest BCUT2D eigenvalue weighted by Crippen LogP contribution is -2.48. The first-order valence-corrected chi connectivity index (χ1v) is 7.30. The molecule has 7 nitrogen and oxygen atoms in total. The van der Waals surface area contributed by atoms with Crippen molar-refractivity contribution in [1.82, 2.24) is 16.2 Å².